The summed E-state index contributed by atoms with van der Waals surface area (Å²) >= 11 is 1.31. The van der Waals surface area contributed by atoms with Crippen molar-refractivity contribution in [1.29, 1.82) is 0 Å². The Kier molecular flexibility index (Phi) is 5.35. The number of sulfone groups is 1. The van der Waals surface area contributed by atoms with E-state index in [1.54, 1.807) is 0 Å². The van der Waals surface area contributed by atoms with Crippen LogP contribution in [0.1, 0.15) is 5.56 Å². The number of nitrogens with one attached hydrogen (secondary N) is 1. The third-order valence-electron chi connectivity index (χ3n) is 2.76. The van der Waals surface area contributed by atoms with Crippen molar-refractivity contribution in [1.82, 2.24) is 5.32 Å². The molecule has 0 radical (unpaired) electrons. The predicted molar refractivity (Wildman–Crippen MR) is 81.4 cm³/mol. The number of amides is 1. The molecule has 1 aliphatic rings. The molecule has 0 fully saturated rings. The molecule has 0 atom stereocenters. The molecule has 21 heavy (non-hydrogen) atoms. The van der Waals surface area contributed by atoms with Gasteiger partial charge >= 0.3 is 0 Å². The number of carbonyl (C=O) groups is 1. The first-order chi connectivity index (χ1) is 9.94. The summed E-state index contributed by atoms with van der Waals surface area (Å²) < 4.78 is 32.4. The van der Waals surface area contributed by atoms with Gasteiger partial charge in [-0.3, -0.25) is 4.79 Å². The van der Waals surface area contributed by atoms with Gasteiger partial charge in [-0.1, -0.05) is 6.07 Å². The maximum Gasteiger partial charge on any atom is 0.231 e. The second-order valence-corrected chi connectivity index (χ2v) is 8.01. The Bertz CT molecular complexity index is 615. The zero-order valence-electron chi connectivity index (χ0n) is 11.6. The number of fused-ring (bicyclic) bond motifs is 1. The predicted octanol–water partition coefficient (Wildman–Crippen LogP) is 0.809. The van der Waals surface area contributed by atoms with E-state index in [9.17, 15) is 13.2 Å². The van der Waals surface area contributed by atoms with Crippen LogP contribution in [0.25, 0.3) is 0 Å². The Morgan fingerprint density at radius 1 is 1.33 bits per heavy atom. The molecule has 0 unspecified atom stereocenters. The summed E-state index contributed by atoms with van der Waals surface area (Å²) in [6.45, 7) is 0.629. The van der Waals surface area contributed by atoms with Crippen molar-refractivity contribution in [3.63, 3.8) is 0 Å². The number of ether oxygens (including phenoxy) is 2. The van der Waals surface area contributed by atoms with Crippen LogP contribution in [0.5, 0.6) is 11.5 Å². The zero-order valence-corrected chi connectivity index (χ0v) is 13.3. The Morgan fingerprint density at radius 3 is 2.86 bits per heavy atom. The number of hydrogen-bond donors (Lipinski definition) is 1. The number of rotatable bonds is 7. The summed E-state index contributed by atoms with van der Waals surface area (Å²) in [4.78, 5) is 11.6. The maximum absolute atomic E-state index is 11.6. The first kappa shape index (κ1) is 16.0. The third-order valence-corrected chi connectivity index (χ3v) is 4.92. The minimum Gasteiger partial charge on any atom is -0.454 e. The lowest BCUT2D eigenvalue weighted by Gasteiger charge is -2.06. The number of thioether (sulfide) groups is 1. The van der Waals surface area contributed by atoms with Gasteiger partial charge in [0.15, 0.2) is 11.5 Å². The van der Waals surface area contributed by atoms with Crippen molar-refractivity contribution in [2.24, 2.45) is 0 Å². The van der Waals surface area contributed by atoms with E-state index in [1.165, 1.54) is 18.0 Å². The van der Waals surface area contributed by atoms with Crippen molar-refractivity contribution in [3.8, 4) is 11.5 Å². The molecule has 0 aliphatic carbocycles. The monoisotopic (exact) mass is 331 g/mol. The maximum atomic E-state index is 11.6. The second-order valence-electron chi connectivity index (χ2n) is 4.65. The van der Waals surface area contributed by atoms with Crippen LogP contribution >= 0.6 is 11.8 Å². The van der Waals surface area contributed by atoms with Gasteiger partial charge in [-0.2, -0.15) is 11.8 Å². The van der Waals surface area contributed by atoms with Gasteiger partial charge in [0.2, 0.25) is 12.7 Å². The molecular formula is C13H17NO5S2. The van der Waals surface area contributed by atoms with E-state index in [2.05, 4.69) is 5.32 Å². The summed E-state index contributed by atoms with van der Waals surface area (Å²) in [5.74, 6) is 2.04. The molecule has 1 aromatic rings. The number of benzene rings is 1. The molecule has 1 amide bonds. The van der Waals surface area contributed by atoms with E-state index in [1.807, 2.05) is 18.2 Å². The molecule has 1 aromatic carbocycles. The van der Waals surface area contributed by atoms with Crippen LogP contribution < -0.4 is 14.8 Å². The summed E-state index contributed by atoms with van der Waals surface area (Å²) in [7, 11) is -2.96. The highest BCUT2D eigenvalue weighted by Crippen LogP contribution is 2.32. The van der Waals surface area contributed by atoms with Crippen LogP contribution in [0.4, 0.5) is 0 Å². The third kappa shape index (κ3) is 5.47. The standard InChI is InChI=1S/C13H17NO5S2/c1-21(16,17)5-4-20-8-13(15)14-7-10-2-3-11-12(6-10)19-9-18-11/h2-3,6H,4-5,7-9H2,1H3,(H,14,15). The topological polar surface area (TPSA) is 81.7 Å². The molecule has 6 nitrogen and oxygen atoms in total. The Labute approximate surface area is 128 Å². The van der Waals surface area contributed by atoms with Gasteiger partial charge in [0.1, 0.15) is 9.84 Å². The highest BCUT2D eigenvalue weighted by Gasteiger charge is 2.13. The molecule has 0 saturated carbocycles. The summed E-state index contributed by atoms with van der Waals surface area (Å²) in [5.41, 5.74) is 0.925. The van der Waals surface area contributed by atoms with Crippen LogP contribution in [0, 0.1) is 0 Å². The zero-order chi connectivity index (χ0) is 15.3. The summed E-state index contributed by atoms with van der Waals surface area (Å²) in [6.07, 6.45) is 1.19. The lowest BCUT2D eigenvalue weighted by atomic mass is 10.2. The van der Waals surface area contributed by atoms with Crippen molar-refractivity contribution < 1.29 is 22.7 Å². The van der Waals surface area contributed by atoms with Gasteiger partial charge in [-0.25, -0.2) is 8.42 Å². The van der Waals surface area contributed by atoms with E-state index < -0.39 is 9.84 Å². The quantitative estimate of drug-likeness (QED) is 0.745. The van der Waals surface area contributed by atoms with Gasteiger partial charge in [0.05, 0.1) is 11.5 Å². The Balaban J connectivity index is 1.69. The fourth-order valence-corrected chi connectivity index (χ4v) is 3.79. The lowest BCUT2D eigenvalue weighted by Crippen LogP contribution is -2.25. The summed E-state index contributed by atoms with van der Waals surface area (Å²) in [6, 6.07) is 5.51. The van der Waals surface area contributed by atoms with E-state index in [4.69, 9.17) is 9.47 Å². The van der Waals surface area contributed by atoms with Crippen LogP contribution in [0.2, 0.25) is 0 Å². The molecule has 0 aromatic heterocycles. The fourth-order valence-electron chi connectivity index (χ4n) is 1.68. The normalized spacial score (nSPS) is 13.2. The van der Waals surface area contributed by atoms with Gasteiger partial charge in [0.25, 0.3) is 0 Å². The van der Waals surface area contributed by atoms with Crippen molar-refractivity contribution in [2.75, 3.05) is 30.3 Å². The molecule has 8 heteroatoms. The largest absolute Gasteiger partial charge is 0.454 e. The Hall–Kier alpha value is -1.41. The molecule has 2 rings (SSSR count). The van der Waals surface area contributed by atoms with Crippen molar-refractivity contribution in [3.05, 3.63) is 23.8 Å². The minimum absolute atomic E-state index is 0.0904. The highest BCUT2D eigenvalue weighted by atomic mass is 32.2. The van der Waals surface area contributed by atoms with Crippen LogP contribution in [0.3, 0.4) is 0 Å². The number of carbonyl (C=O) groups excluding carboxylic acids is 1. The molecule has 0 saturated heterocycles. The van der Waals surface area contributed by atoms with Crippen LogP contribution in [-0.2, 0) is 21.2 Å². The summed E-state index contributed by atoms with van der Waals surface area (Å²) in [5, 5.41) is 2.78. The first-order valence-electron chi connectivity index (χ1n) is 6.35. The molecule has 1 aliphatic heterocycles. The highest BCUT2D eigenvalue weighted by molar-refractivity contribution is 8.01. The van der Waals surface area contributed by atoms with Gasteiger partial charge in [-0.15, -0.1) is 0 Å². The SMILES string of the molecule is CS(=O)(=O)CCSCC(=O)NCc1ccc2c(c1)OCO2. The Morgan fingerprint density at radius 2 is 2.10 bits per heavy atom. The average molecular weight is 331 g/mol. The first-order valence-corrected chi connectivity index (χ1v) is 9.56. The molecule has 0 spiro atoms. The van der Waals surface area contributed by atoms with Crippen LogP contribution in [0.15, 0.2) is 18.2 Å². The van der Waals surface area contributed by atoms with E-state index >= 15 is 0 Å². The van der Waals surface area contributed by atoms with Crippen LogP contribution in [-0.4, -0.2) is 44.6 Å². The van der Waals surface area contributed by atoms with E-state index in [0.29, 0.717) is 23.8 Å². The van der Waals surface area contributed by atoms with E-state index in [-0.39, 0.29) is 24.2 Å². The molecular weight excluding hydrogens is 314 g/mol. The number of hydrogen-bond acceptors (Lipinski definition) is 6. The molecule has 1 N–H and O–H groups in total. The molecule has 116 valence electrons. The van der Waals surface area contributed by atoms with Gasteiger partial charge in [0, 0.05) is 18.6 Å². The van der Waals surface area contributed by atoms with Crippen molar-refractivity contribution >= 4 is 27.5 Å². The van der Waals surface area contributed by atoms with Crippen molar-refractivity contribution in [2.45, 2.75) is 6.54 Å². The van der Waals surface area contributed by atoms with Gasteiger partial charge < -0.3 is 14.8 Å². The lowest BCUT2D eigenvalue weighted by molar-refractivity contribution is -0.118. The molecule has 1 heterocycles. The average Bonchev–Trinajstić information content (AvgIpc) is 2.87. The van der Waals surface area contributed by atoms with E-state index in [0.717, 1.165) is 5.56 Å². The smallest absolute Gasteiger partial charge is 0.231 e. The van der Waals surface area contributed by atoms with Gasteiger partial charge in [-0.05, 0) is 17.7 Å². The molecule has 0 bridgehead atoms. The fraction of sp³-hybridized carbons (Fsp3) is 0.462. The minimum atomic E-state index is -2.96. The second kappa shape index (κ2) is 7.04.